The molecule has 1 fully saturated rings. The second-order valence-electron chi connectivity index (χ2n) is 4.27. The molecule has 0 aliphatic heterocycles. The summed E-state index contributed by atoms with van der Waals surface area (Å²) < 4.78 is 5.71. The Bertz CT molecular complexity index is 442. The van der Waals surface area contributed by atoms with Crippen molar-refractivity contribution in [1.82, 2.24) is 0 Å². The van der Waals surface area contributed by atoms with Gasteiger partial charge in [0.2, 0.25) is 0 Å². The summed E-state index contributed by atoms with van der Waals surface area (Å²) in [6, 6.07) is 6.94. The number of aliphatic hydroxyl groups is 1. The van der Waals surface area contributed by atoms with Crippen LogP contribution in [0, 0.1) is 11.3 Å². The Morgan fingerprint density at radius 1 is 1.35 bits per heavy atom. The zero-order valence-electron chi connectivity index (χ0n) is 9.40. The number of aliphatic hydroxyl groups excluding tert-OH is 1. The monoisotopic (exact) mass is 251 g/mol. The van der Waals surface area contributed by atoms with Gasteiger partial charge in [0.15, 0.2) is 0 Å². The van der Waals surface area contributed by atoms with E-state index in [0.717, 1.165) is 25.7 Å². The van der Waals surface area contributed by atoms with E-state index in [4.69, 9.17) is 21.6 Å². The quantitative estimate of drug-likeness (QED) is 0.879. The minimum atomic E-state index is -0.421. The second-order valence-corrected chi connectivity index (χ2v) is 4.67. The van der Waals surface area contributed by atoms with Crippen LogP contribution in [0.5, 0.6) is 5.75 Å². The van der Waals surface area contributed by atoms with Gasteiger partial charge in [-0.05, 0) is 37.5 Å². The number of nitriles is 1. The number of halogens is 1. The fourth-order valence-corrected chi connectivity index (χ4v) is 2.27. The molecule has 4 heteroatoms. The number of nitrogens with zero attached hydrogens (tertiary/aromatic N) is 1. The molecule has 0 bridgehead atoms. The van der Waals surface area contributed by atoms with Gasteiger partial charge >= 0.3 is 0 Å². The molecule has 2 atom stereocenters. The van der Waals surface area contributed by atoms with Crippen LogP contribution in [0.15, 0.2) is 18.2 Å². The SMILES string of the molecule is N#Cc1ccc(O[C@@H]2CCCC[C@@H]2O)c(Cl)c1. The zero-order chi connectivity index (χ0) is 12.3. The molecule has 0 aromatic heterocycles. The molecule has 1 aliphatic rings. The highest BCUT2D eigenvalue weighted by molar-refractivity contribution is 6.32. The normalized spacial score (nSPS) is 24.1. The minimum Gasteiger partial charge on any atom is -0.486 e. The highest BCUT2D eigenvalue weighted by Crippen LogP contribution is 2.29. The Balaban J connectivity index is 2.10. The largest absolute Gasteiger partial charge is 0.486 e. The van der Waals surface area contributed by atoms with Crippen LogP contribution in [0.4, 0.5) is 0 Å². The van der Waals surface area contributed by atoms with Crippen molar-refractivity contribution < 1.29 is 9.84 Å². The average Bonchev–Trinajstić information content (AvgIpc) is 2.34. The molecule has 0 unspecified atom stereocenters. The lowest BCUT2D eigenvalue weighted by Gasteiger charge is -2.28. The Morgan fingerprint density at radius 2 is 2.12 bits per heavy atom. The molecule has 17 heavy (non-hydrogen) atoms. The van der Waals surface area contributed by atoms with Crippen LogP contribution in [0.3, 0.4) is 0 Å². The lowest BCUT2D eigenvalue weighted by molar-refractivity contribution is 0.00693. The van der Waals surface area contributed by atoms with Gasteiger partial charge in [-0.15, -0.1) is 0 Å². The van der Waals surface area contributed by atoms with E-state index in [1.165, 1.54) is 0 Å². The Morgan fingerprint density at radius 3 is 2.76 bits per heavy atom. The number of rotatable bonds is 2. The van der Waals surface area contributed by atoms with E-state index in [1.54, 1.807) is 18.2 Å². The van der Waals surface area contributed by atoms with Crippen LogP contribution in [0.1, 0.15) is 31.2 Å². The van der Waals surface area contributed by atoms with Gasteiger partial charge in [0.25, 0.3) is 0 Å². The molecule has 90 valence electrons. The molecule has 1 aliphatic carbocycles. The molecular formula is C13H14ClNO2. The molecule has 0 saturated heterocycles. The molecule has 3 nitrogen and oxygen atoms in total. The van der Waals surface area contributed by atoms with E-state index in [9.17, 15) is 5.11 Å². The predicted octanol–water partition coefficient (Wildman–Crippen LogP) is 2.89. The summed E-state index contributed by atoms with van der Waals surface area (Å²) in [5.41, 5.74) is 0.506. The molecule has 1 saturated carbocycles. The summed E-state index contributed by atoms with van der Waals surface area (Å²) in [5, 5.41) is 18.9. The van der Waals surface area contributed by atoms with Gasteiger partial charge in [0.1, 0.15) is 11.9 Å². The van der Waals surface area contributed by atoms with Crippen LogP contribution in [-0.2, 0) is 0 Å². The number of hydrogen-bond acceptors (Lipinski definition) is 3. The fourth-order valence-electron chi connectivity index (χ4n) is 2.04. The Kier molecular flexibility index (Phi) is 3.88. The molecule has 0 heterocycles. The molecular weight excluding hydrogens is 238 g/mol. The molecule has 1 aromatic carbocycles. The third-order valence-electron chi connectivity index (χ3n) is 3.01. The summed E-state index contributed by atoms with van der Waals surface area (Å²) in [7, 11) is 0. The first-order valence-corrected chi connectivity index (χ1v) is 6.13. The Labute approximate surface area is 106 Å². The standard InChI is InChI=1S/C13H14ClNO2/c14-10-7-9(8-15)5-6-12(10)17-13-4-2-1-3-11(13)16/h5-7,11,13,16H,1-4H2/t11-,13+/m0/s1. The summed E-state index contributed by atoms with van der Waals surface area (Å²) >= 11 is 6.02. The van der Waals surface area contributed by atoms with Gasteiger partial charge in [0.05, 0.1) is 22.8 Å². The molecule has 2 rings (SSSR count). The van der Waals surface area contributed by atoms with Crippen molar-refractivity contribution in [2.45, 2.75) is 37.9 Å². The minimum absolute atomic E-state index is 0.186. The fraction of sp³-hybridized carbons (Fsp3) is 0.462. The van der Waals surface area contributed by atoms with E-state index >= 15 is 0 Å². The summed E-state index contributed by atoms with van der Waals surface area (Å²) in [4.78, 5) is 0. The van der Waals surface area contributed by atoms with E-state index in [2.05, 4.69) is 0 Å². The van der Waals surface area contributed by atoms with Crippen molar-refractivity contribution >= 4 is 11.6 Å². The van der Waals surface area contributed by atoms with Crippen molar-refractivity contribution in [3.05, 3.63) is 28.8 Å². The highest BCUT2D eigenvalue weighted by Gasteiger charge is 2.25. The first-order chi connectivity index (χ1) is 8.20. The maximum atomic E-state index is 9.80. The maximum absolute atomic E-state index is 9.80. The molecule has 1 N–H and O–H groups in total. The number of hydrogen-bond donors (Lipinski definition) is 1. The van der Waals surface area contributed by atoms with Crippen molar-refractivity contribution in [2.24, 2.45) is 0 Å². The van der Waals surface area contributed by atoms with E-state index in [1.807, 2.05) is 6.07 Å². The van der Waals surface area contributed by atoms with Crippen LogP contribution in [-0.4, -0.2) is 17.3 Å². The lowest BCUT2D eigenvalue weighted by atomic mass is 9.95. The number of ether oxygens (including phenoxy) is 1. The van der Waals surface area contributed by atoms with Crippen LogP contribution in [0.2, 0.25) is 5.02 Å². The van der Waals surface area contributed by atoms with Crippen LogP contribution >= 0.6 is 11.6 Å². The summed E-state index contributed by atoms with van der Waals surface area (Å²) in [5.74, 6) is 0.539. The van der Waals surface area contributed by atoms with Gasteiger partial charge < -0.3 is 9.84 Å². The molecule has 0 amide bonds. The van der Waals surface area contributed by atoms with Crippen LogP contribution < -0.4 is 4.74 Å². The smallest absolute Gasteiger partial charge is 0.138 e. The van der Waals surface area contributed by atoms with Crippen molar-refractivity contribution in [1.29, 1.82) is 5.26 Å². The van der Waals surface area contributed by atoms with E-state index < -0.39 is 6.10 Å². The maximum Gasteiger partial charge on any atom is 0.138 e. The first kappa shape index (κ1) is 12.2. The van der Waals surface area contributed by atoms with Crippen molar-refractivity contribution in [3.63, 3.8) is 0 Å². The van der Waals surface area contributed by atoms with Gasteiger partial charge in [-0.1, -0.05) is 18.0 Å². The van der Waals surface area contributed by atoms with Crippen molar-refractivity contribution in [3.8, 4) is 11.8 Å². The average molecular weight is 252 g/mol. The summed E-state index contributed by atoms with van der Waals surface area (Å²) in [6.45, 7) is 0. The summed E-state index contributed by atoms with van der Waals surface area (Å²) in [6.07, 6.45) is 3.12. The third kappa shape index (κ3) is 2.91. The lowest BCUT2D eigenvalue weighted by Crippen LogP contribution is -2.34. The van der Waals surface area contributed by atoms with Gasteiger partial charge in [-0.3, -0.25) is 0 Å². The van der Waals surface area contributed by atoms with Gasteiger partial charge in [-0.2, -0.15) is 5.26 Å². The topological polar surface area (TPSA) is 53.2 Å². The first-order valence-electron chi connectivity index (χ1n) is 5.75. The zero-order valence-corrected chi connectivity index (χ0v) is 10.2. The van der Waals surface area contributed by atoms with Crippen molar-refractivity contribution in [2.75, 3.05) is 0 Å². The van der Waals surface area contributed by atoms with Crippen LogP contribution in [0.25, 0.3) is 0 Å². The third-order valence-corrected chi connectivity index (χ3v) is 3.30. The Hall–Kier alpha value is -1.24. The van der Waals surface area contributed by atoms with Gasteiger partial charge in [0, 0.05) is 0 Å². The number of benzene rings is 1. The highest BCUT2D eigenvalue weighted by atomic mass is 35.5. The molecule has 0 spiro atoms. The molecule has 0 radical (unpaired) electrons. The predicted molar refractivity (Wildman–Crippen MR) is 65.1 cm³/mol. The van der Waals surface area contributed by atoms with Gasteiger partial charge in [-0.25, -0.2) is 0 Å². The van der Waals surface area contributed by atoms with E-state index in [0.29, 0.717) is 16.3 Å². The van der Waals surface area contributed by atoms with E-state index in [-0.39, 0.29) is 6.10 Å². The molecule has 1 aromatic rings. The second kappa shape index (κ2) is 5.39.